The van der Waals surface area contributed by atoms with E-state index in [0.717, 1.165) is 44.5 Å². The minimum absolute atomic E-state index is 0.0953. The fourth-order valence-electron chi connectivity index (χ4n) is 3.33. The first-order valence-electron chi connectivity index (χ1n) is 9.81. The van der Waals surface area contributed by atoms with Crippen LogP contribution in [-0.4, -0.2) is 25.7 Å². The molecule has 0 aliphatic rings. The first kappa shape index (κ1) is 20.0. The fourth-order valence-corrected chi connectivity index (χ4v) is 4.18. The summed E-state index contributed by atoms with van der Waals surface area (Å²) < 4.78 is 0. The lowest BCUT2D eigenvalue weighted by Crippen LogP contribution is -2.00. The van der Waals surface area contributed by atoms with Crippen LogP contribution in [0, 0.1) is 20.8 Å². The monoisotopic (exact) mass is 414 g/mol. The Bertz CT molecular complexity index is 1220. The van der Waals surface area contributed by atoms with Gasteiger partial charge in [-0.05, 0) is 62.6 Å². The molecular formula is C24H22N4OS. The number of nitrogens with zero attached hydrogens (tertiary/aromatic N) is 4. The summed E-state index contributed by atoms with van der Waals surface area (Å²) in [4.78, 5) is 31.1. The van der Waals surface area contributed by atoms with Crippen LogP contribution in [0.4, 0.5) is 0 Å². The number of rotatable bonds is 6. The van der Waals surface area contributed by atoms with Crippen LogP contribution in [0.2, 0.25) is 0 Å². The van der Waals surface area contributed by atoms with Crippen LogP contribution in [-0.2, 0) is 6.42 Å². The van der Waals surface area contributed by atoms with E-state index in [2.05, 4.69) is 26.0 Å². The summed E-state index contributed by atoms with van der Waals surface area (Å²) in [6, 6.07) is 11.9. The average molecular weight is 415 g/mol. The van der Waals surface area contributed by atoms with Crippen molar-refractivity contribution in [2.75, 3.05) is 0 Å². The van der Waals surface area contributed by atoms with E-state index < -0.39 is 0 Å². The average Bonchev–Trinajstić information content (AvgIpc) is 3.22. The Balaban J connectivity index is 1.44. The van der Waals surface area contributed by atoms with Gasteiger partial charge in [-0.2, -0.15) is 0 Å². The second-order valence-electron chi connectivity index (χ2n) is 7.31. The van der Waals surface area contributed by atoms with Crippen molar-refractivity contribution < 1.29 is 4.79 Å². The van der Waals surface area contributed by atoms with Crippen molar-refractivity contribution in [1.82, 2.24) is 19.9 Å². The molecule has 0 spiro atoms. The van der Waals surface area contributed by atoms with E-state index in [-0.39, 0.29) is 5.78 Å². The zero-order chi connectivity index (χ0) is 21.1. The molecule has 4 rings (SSSR count). The number of Topliss-reactive ketones (excluding diaryl/α,β-unsaturated/α-hetero) is 1. The van der Waals surface area contributed by atoms with E-state index in [4.69, 9.17) is 0 Å². The second kappa shape index (κ2) is 8.63. The van der Waals surface area contributed by atoms with Gasteiger partial charge in [-0.15, -0.1) is 11.3 Å². The van der Waals surface area contributed by atoms with Gasteiger partial charge in [0, 0.05) is 42.0 Å². The Kier molecular flexibility index (Phi) is 5.77. The van der Waals surface area contributed by atoms with Gasteiger partial charge < -0.3 is 0 Å². The highest BCUT2D eigenvalue weighted by atomic mass is 32.1. The molecule has 0 bridgehead atoms. The number of ketones is 1. The Hall–Kier alpha value is -3.25. The molecule has 150 valence electrons. The molecule has 0 aliphatic heterocycles. The zero-order valence-corrected chi connectivity index (χ0v) is 18.0. The summed E-state index contributed by atoms with van der Waals surface area (Å²) in [6.07, 6.45) is 6.40. The van der Waals surface area contributed by atoms with E-state index >= 15 is 0 Å². The summed E-state index contributed by atoms with van der Waals surface area (Å²) in [5.74, 6) is 0.0953. The first-order chi connectivity index (χ1) is 14.5. The Morgan fingerprint density at radius 2 is 1.83 bits per heavy atom. The van der Waals surface area contributed by atoms with Gasteiger partial charge in [-0.1, -0.05) is 12.1 Å². The zero-order valence-electron chi connectivity index (χ0n) is 17.2. The fraction of sp³-hybridized carbons (Fsp3) is 0.208. The van der Waals surface area contributed by atoms with Gasteiger partial charge in [0.05, 0.1) is 16.3 Å². The lowest BCUT2D eigenvalue weighted by atomic mass is 10.0. The van der Waals surface area contributed by atoms with Gasteiger partial charge in [-0.3, -0.25) is 19.7 Å². The third-order valence-corrected chi connectivity index (χ3v) is 5.89. The van der Waals surface area contributed by atoms with Gasteiger partial charge in [0.15, 0.2) is 5.78 Å². The molecule has 0 aliphatic carbocycles. The topological polar surface area (TPSA) is 68.6 Å². The molecule has 0 saturated heterocycles. The molecule has 0 aromatic carbocycles. The number of carbonyl (C=O) groups excluding carboxylic acids is 1. The standard InChI is InChI=1S/C24H22N4OS/c1-15-11-18(13-26-23(15)19-9-10-25-17(3)12-19)7-8-21(29)22-14-27-24(30-22)20-6-4-5-16(2)28-20/h4-6,9-14H,7-8H2,1-3H3. The van der Waals surface area contributed by atoms with Crippen molar-refractivity contribution in [1.29, 1.82) is 0 Å². The smallest absolute Gasteiger partial charge is 0.174 e. The van der Waals surface area contributed by atoms with Crippen molar-refractivity contribution >= 4 is 17.1 Å². The minimum Gasteiger partial charge on any atom is -0.293 e. The third-order valence-electron chi connectivity index (χ3n) is 4.83. The second-order valence-corrected chi connectivity index (χ2v) is 8.34. The highest BCUT2D eigenvalue weighted by molar-refractivity contribution is 7.16. The van der Waals surface area contributed by atoms with Crippen molar-refractivity contribution in [2.24, 2.45) is 0 Å². The van der Waals surface area contributed by atoms with Crippen molar-refractivity contribution in [3.05, 3.63) is 82.4 Å². The third kappa shape index (κ3) is 4.49. The normalized spacial score (nSPS) is 10.9. The van der Waals surface area contributed by atoms with E-state index in [0.29, 0.717) is 17.7 Å². The van der Waals surface area contributed by atoms with E-state index in [1.165, 1.54) is 11.3 Å². The molecular weight excluding hydrogens is 392 g/mol. The molecule has 0 N–H and O–H groups in total. The molecule has 4 heterocycles. The highest BCUT2D eigenvalue weighted by Crippen LogP contribution is 2.26. The van der Waals surface area contributed by atoms with Gasteiger partial charge in [-0.25, -0.2) is 4.98 Å². The van der Waals surface area contributed by atoms with E-state index in [9.17, 15) is 4.79 Å². The summed E-state index contributed by atoms with van der Waals surface area (Å²) >= 11 is 1.40. The summed E-state index contributed by atoms with van der Waals surface area (Å²) in [5, 5.41) is 0.775. The lowest BCUT2D eigenvalue weighted by molar-refractivity contribution is 0.0986. The number of hydrogen-bond donors (Lipinski definition) is 0. The maximum atomic E-state index is 12.7. The highest BCUT2D eigenvalue weighted by Gasteiger charge is 2.13. The summed E-state index contributed by atoms with van der Waals surface area (Å²) in [6.45, 7) is 5.97. The number of aromatic nitrogens is 4. The number of thiazole rings is 1. The summed E-state index contributed by atoms with van der Waals surface area (Å²) in [5.41, 5.74) is 6.87. The van der Waals surface area contributed by atoms with Gasteiger partial charge >= 0.3 is 0 Å². The van der Waals surface area contributed by atoms with Crippen LogP contribution in [0.5, 0.6) is 0 Å². The molecule has 30 heavy (non-hydrogen) atoms. The molecule has 0 atom stereocenters. The number of carbonyl (C=O) groups is 1. The first-order valence-corrected chi connectivity index (χ1v) is 10.6. The Labute approximate surface area is 179 Å². The maximum absolute atomic E-state index is 12.7. The predicted molar refractivity (Wildman–Crippen MR) is 120 cm³/mol. The number of aryl methyl sites for hydroxylation is 4. The SMILES string of the molecule is Cc1cc(-c2ncc(CCC(=O)c3cnc(-c4cccc(C)n4)s3)cc2C)ccn1. The number of pyridine rings is 3. The Morgan fingerprint density at radius 1 is 0.967 bits per heavy atom. The molecule has 0 fully saturated rings. The summed E-state index contributed by atoms with van der Waals surface area (Å²) in [7, 11) is 0. The quantitative estimate of drug-likeness (QED) is 0.395. The molecule has 5 nitrogen and oxygen atoms in total. The minimum atomic E-state index is 0.0953. The predicted octanol–water partition coefficient (Wildman–Crippen LogP) is 5.40. The van der Waals surface area contributed by atoms with Crippen LogP contribution in [0.3, 0.4) is 0 Å². The lowest BCUT2D eigenvalue weighted by Gasteiger charge is -2.08. The van der Waals surface area contributed by atoms with Crippen molar-refractivity contribution in [3.8, 4) is 22.0 Å². The van der Waals surface area contributed by atoms with Crippen LogP contribution in [0.25, 0.3) is 22.0 Å². The van der Waals surface area contributed by atoms with E-state index in [1.54, 1.807) is 12.4 Å². The number of hydrogen-bond acceptors (Lipinski definition) is 6. The van der Waals surface area contributed by atoms with Crippen LogP contribution < -0.4 is 0 Å². The molecule has 0 saturated carbocycles. The molecule has 4 aromatic rings. The Morgan fingerprint density at radius 3 is 2.60 bits per heavy atom. The molecule has 0 amide bonds. The van der Waals surface area contributed by atoms with Gasteiger partial charge in [0.2, 0.25) is 0 Å². The molecule has 6 heteroatoms. The van der Waals surface area contributed by atoms with E-state index in [1.807, 2.05) is 57.3 Å². The van der Waals surface area contributed by atoms with Crippen LogP contribution in [0.1, 0.15) is 38.6 Å². The van der Waals surface area contributed by atoms with Crippen LogP contribution >= 0.6 is 11.3 Å². The molecule has 0 radical (unpaired) electrons. The largest absolute Gasteiger partial charge is 0.293 e. The van der Waals surface area contributed by atoms with Crippen molar-refractivity contribution in [2.45, 2.75) is 33.6 Å². The maximum Gasteiger partial charge on any atom is 0.174 e. The molecule has 0 unspecified atom stereocenters. The molecule has 4 aromatic heterocycles. The van der Waals surface area contributed by atoms with Gasteiger partial charge in [0.1, 0.15) is 5.01 Å². The van der Waals surface area contributed by atoms with Gasteiger partial charge in [0.25, 0.3) is 0 Å². The van der Waals surface area contributed by atoms with Crippen LogP contribution in [0.15, 0.2) is 55.0 Å². The van der Waals surface area contributed by atoms with Crippen molar-refractivity contribution in [3.63, 3.8) is 0 Å².